The van der Waals surface area contributed by atoms with Crippen molar-refractivity contribution in [3.8, 4) is 11.5 Å². The second kappa shape index (κ2) is 8.84. The van der Waals surface area contributed by atoms with Gasteiger partial charge in [-0.2, -0.15) is 0 Å². The van der Waals surface area contributed by atoms with E-state index in [1.807, 2.05) is 0 Å². The maximum atomic E-state index is 13.6. The van der Waals surface area contributed by atoms with Crippen molar-refractivity contribution in [3.05, 3.63) is 107 Å². The van der Waals surface area contributed by atoms with Gasteiger partial charge < -0.3 is 19.7 Å². The molecule has 0 aliphatic heterocycles. The number of rotatable bonds is 5. The largest absolute Gasteiger partial charge is 0.508 e. The third-order valence-corrected chi connectivity index (χ3v) is 5.04. The summed E-state index contributed by atoms with van der Waals surface area (Å²) in [6.45, 7) is 0. The number of aromatic hydroxyl groups is 2. The lowest BCUT2D eigenvalue weighted by molar-refractivity contribution is -0.117. The molecule has 0 spiro atoms. The molecule has 0 unspecified atom stereocenters. The Morgan fingerprint density at radius 1 is 0.667 bits per heavy atom. The molecule has 0 aromatic heterocycles. The van der Waals surface area contributed by atoms with Gasteiger partial charge in [-0.05, 0) is 47.5 Å². The molecule has 164 valence electrons. The van der Waals surface area contributed by atoms with Crippen molar-refractivity contribution in [1.29, 1.82) is 0 Å². The van der Waals surface area contributed by atoms with Crippen LogP contribution in [0.5, 0.6) is 11.5 Å². The average Bonchev–Trinajstić information content (AvgIpc) is 2.83. The van der Waals surface area contributed by atoms with Gasteiger partial charge in [-0.1, -0.05) is 42.5 Å². The van der Waals surface area contributed by atoms with Crippen LogP contribution in [0.1, 0.15) is 21.5 Å². The highest BCUT2D eigenvalue weighted by Crippen LogP contribution is 2.37. The van der Waals surface area contributed by atoms with Gasteiger partial charge in [0.05, 0.1) is 23.8 Å². The molecule has 3 aromatic rings. The third kappa shape index (κ3) is 4.12. The normalized spacial score (nSPS) is 13.8. The molecule has 0 amide bonds. The second-order valence-corrected chi connectivity index (χ2v) is 7.12. The minimum Gasteiger partial charge on any atom is -0.508 e. The average molecular weight is 442 g/mol. The molecule has 3 aromatic carbocycles. The summed E-state index contributed by atoms with van der Waals surface area (Å²) < 4.78 is 10.8. The van der Waals surface area contributed by atoms with E-state index in [-0.39, 0.29) is 39.5 Å². The van der Waals surface area contributed by atoms with Crippen molar-refractivity contribution in [2.45, 2.75) is 0 Å². The van der Waals surface area contributed by atoms with Gasteiger partial charge in [0.1, 0.15) is 11.5 Å². The number of ether oxygens (including phenoxy) is 2. The first-order chi connectivity index (χ1) is 15.9. The molecule has 4 rings (SSSR count). The molecule has 7 nitrogen and oxygen atoms in total. The zero-order chi connectivity index (χ0) is 23.5. The lowest BCUT2D eigenvalue weighted by Gasteiger charge is -2.23. The minimum absolute atomic E-state index is 0.0241. The predicted octanol–water partition coefficient (Wildman–Crippen LogP) is 3.88. The molecular formula is C26H18O7. The molecule has 0 radical (unpaired) electrons. The Balaban J connectivity index is 1.89. The van der Waals surface area contributed by atoms with Gasteiger partial charge in [0.2, 0.25) is 11.6 Å². The maximum absolute atomic E-state index is 13.6. The Hall–Kier alpha value is -4.65. The Morgan fingerprint density at radius 2 is 1.12 bits per heavy atom. The summed E-state index contributed by atoms with van der Waals surface area (Å²) in [5.74, 6) is -2.95. The molecule has 0 bridgehead atoms. The molecule has 7 heteroatoms. The predicted molar refractivity (Wildman–Crippen MR) is 119 cm³/mol. The van der Waals surface area contributed by atoms with E-state index < -0.39 is 23.3 Å². The molecule has 1 aliphatic carbocycles. The lowest BCUT2D eigenvalue weighted by atomic mass is 9.86. The quantitative estimate of drug-likeness (QED) is 0.456. The van der Waals surface area contributed by atoms with Gasteiger partial charge in [0.25, 0.3) is 0 Å². The van der Waals surface area contributed by atoms with E-state index in [1.54, 1.807) is 18.2 Å². The van der Waals surface area contributed by atoms with Crippen LogP contribution in [-0.4, -0.2) is 34.9 Å². The Morgan fingerprint density at radius 3 is 1.61 bits per heavy atom. The summed E-state index contributed by atoms with van der Waals surface area (Å²) in [7, 11) is 1.26. The number of benzene rings is 3. The molecular weight excluding hydrogens is 424 g/mol. The van der Waals surface area contributed by atoms with Crippen LogP contribution in [0.15, 0.2) is 90.4 Å². The van der Waals surface area contributed by atoms with Crippen molar-refractivity contribution in [2.24, 2.45) is 0 Å². The molecule has 0 saturated heterocycles. The highest BCUT2D eigenvalue weighted by molar-refractivity contribution is 6.47. The van der Waals surface area contributed by atoms with Crippen LogP contribution < -0.4 is 0 Å². The third-order valence-electron chi connectivity index (χ3n) is 5.04. The summed E-state index contributed by atoms with van der Waals surface area (Å²) >= 11 is 0. The topological polar surface area (TPSA) is 110 Å². The van der Waals surface area contributed by atoms with Crippen LogP contribution in [0, 0.1) is 0 Å². The zero-order valence-corrected chi connectivity index (χ0v) is 17.4. The van der Waals surface area contributed by atoms with E-state index >= 15 is 0 Å². The van der Waals surface area contributed by atoms with Crippen LogP contribution in [-0.2, 0) is 19.1 Å². The standard InChI is InChI=1S/C26H18O7/c1-32-24-20(15-7-11-18(27)12-8-15)23(30)25(33-26(31)17-5-3-2-4-6-17)21(22(24)29)16-9-13-19(28)14-10-16/h2-14,27-28H,1H3. The van der Waals surface area contributed by atoms with Crippen LogP contribution >= 0.6 is 0 Å². The summed E-state index contributed by atoms with van der Waals surface area (Å²) in [5, 5.41) is 19.2. The molecule has 0 saturated carbocycles. The van der Waals surface area contributed by atoms with Crippen molar-refractivity contribution in [3.63, 3.8) is 0 Å². The number of methoxy groups -OCH3 is 1. The monoisotopic (exact) mass is 442 g/mol. The number of phenolic OH excluding ortho intramolecular Hbond substituents is 2. The molecule has 33 heavy (non-hydrogen) atoms. The summed E-state index contributed by atoms with van der Waals surface area (Å²) in [4.78, 5) is 39.9. The van der Waals surface area contributed by atoms with Gasteiger partial charge >= 0.3 is 5.97 Å². The molecule has 2 N–H and O–H groups in total. The van der Waals surface area contributed by atoms with E-state index in [4.69, 9.17) is 9.47 Å². The van der Waals surface area contributed by atoms with Gasteiger partial charge in [0, 0.05) is 0 Å². The second-order valence-electron chi connectivity index (χ2n) is 7.12. The van der Waals surface area contributed by atoms with Gasteiger partial charge in [0.15, 0.2) is 11.5 Å². The number of hydrogen-bond donors (Lipinski definition) is 2. The van der Waals surface area contributed by atoms with Crippen LogP contribution in [0.2, 0.25) is 0 Å². The Kier molecular flexibility index (Phi) is 5.78. The van der Waals surface area contributed by atoms with Gasteiger partial charge in [-0.3, -0.25) is 9.59 Å². The number of hydrogen-bond acceptors (Lipinski definition) is 7. The minimum atomic E-state index is -0.811. The first-order valence-electron chi connectivity index (χ1n) is 9.88. The highest BCUT2D eigenvalue weighted by atomic mass is 16.5. The fourth-order valence-corrected chi connectivity index (χ4v) is 3.46. The highest BCUT2D eigenvalue weighted by Gasteiger charge is 2.39. The SMILES string of the molecule is COC1=C(c2ccc(O)cc2)C(=O)C(OC(=O)c2ccccc2)=C(c2ccc(O)cc2)C1=O. The molecule has 0 heterocycles. The number of Topliss-reactive ketones (excluding diaryl/α,β-unsaturated/α-hetero) is 2. The number of ketones is 2. The van der Waals surface area contributed by atoms with Crippen molar-refractivity contribution >= 4 is 28.7 Å². The van der Waals surface area contributed by atoms with E-state index in [0.29, 0.717) is 5.56 Å². The smallest absolute Gasteiger partial charge is 0.343 e. The summed E-state index contributed by atoms with van der Waals surface area (Å²) in [6, 6.07) is 19.3. The number of phenols is 2. The first kappa shape index (κ1) is 21.6. The summed E-state index contributed by atoms with van der Waals surface area (Å²) in [6.07, 6.45) is 0. The zero-order valence-electron chi connectivity index (χ0n) is 17.4. The fraction of sp³-hybridized carbons (Fsp3) is 0.0385. The molecule has 0 atom stereocenters. The van der Waals surface area contributed by atoms with E-state index in [0.717, 1.165) is 0 Å². The number of carbonyl (C=O) groups excluding carboxylic acids is 3. The summed E-state index contributed by atoms with van der Waals surface area (Å²) in [5.41, 5.74) is 0.509. The number of allylic oxidation sites excluding steroid dienone is 2. The maximum Gasteiger partial charge on any atom is 0.343 e. The fourth-order valence-electron chi connectivity index (χ4n) is 3.46. The van der Waals surface area contributed by atoms with Crippen LogP contribution in [0.4, 0.5) is 0 Å². The molecule has 0 fully saturated rings. The number of carbonyl (C=O) groups is 3. The Labute approximate surface area is 188 Å². The van der Waals surface area contributed by atoms with E-state index in [9.17, 15) is 24.6 Å². The first-order valence-corrected chi connectivity index (χ1v) is 9.88. The van der Waals surface area contributed by atoms with Crippen molar-refractivity contribution in [2.75, 3.05) is 7.11 Å². The Bertz CT molecular complexity index is 1300. The van der Waals surface area contributed by atoms with Crippen LogP contribution in [0.3, 0.4) is 0 Å². The van der Waals surface area contributed by atoms with E-state index in [1.165, 1.54) is 67.8 Å². The van der Waals surface area contributed by atoms with Crippen LogP contribution in [0.25, 0.3) is 11.1 Å². The van der Waals surface area contributed by atoms with Crippen molar-refractivity contribution < 1.29 is 34.1 Å². The molecule has 1 aliphatic rings. The van der Waals surface area contributed by atoms with E-state index in [2.05, 4.69) is 0 Å². The van der Waals surface area contributed by atoms with Gasteiger partial charge in [-0.25, -0.2) is 4.79 Å². The van der Waals surface area contributed by atoms with Gasteiger partial charge in [-0.15, -0.1) is 0 Å². The number of esters is 1. The van der Waals surface area contributed by atoms with Crippen molar-refractivity contribution in [1.82, 2.24) is 0 Å². The lowest BCUT2D eigenvalue weighted by Crippen LogP contribution is -2.26.